The molecule has 0 aromatic carbocycles. The number of halogens is 1. The number of aryl methyl sites for hydroxylation is 2. The van der Waals surface area contributed by atoms with Gasteiger partial charge in [-0.25, -0.2) is 0 Å². The van der Waals surface area contributed by atoms with Crippen LogP contribution in [-0.4, -0.2) is 20.9 Å². The van der Waals surface area contributed by atoms with Gasteiger partial charge < -0.3 is 10.3 Å². The monoisotopic (exact) mass is 266 g/mol. The van der Waals surface area contributed by atoms with Crippen molar-refractivity contribution in [3.05, 3.63) is 40.4 Å². The zero-order chi connectivity index (χ0) is 13.1. The van der Waals surface area contributed by atoms with Crippen molar-refractivity contribution in [1.82, 2.24) is 14.3 Å². The fourth-order valence-corrected chi connectivity index (χ4v) is 2.29. The third-order valence-corrected chi connectivity index (χ3v) is 3.52. The number of aromatic nitrogens is 3. The smallest absolute Gasteiger partial charge is 0.0865 e. The van der Waals surface area contributed by atoms with E-state index in [2.05, 4.69) is 35.0 Å². The Balaban J connectivity index is 2.22. The Hall–Kier alpha value is -1.26. The Morgan fingerprint density at radius 1 is 1.44 bits per heavy atom. The minimum Gasteiger partial charge on any atom is -0.348 e. The van der Waals surface area contributed by atoms with Gasteiger partial charge in [-0.2, -0.15) is 5.10 Å². The standard InChI is InChI=1S/C13H19ClN4/c1-3-18-12(13(14)10(2)16-18)9-17-7-5-11(8-17)4-6-15/h5,7-8H,3-4,6,9,15H2,1-2H3. The molecular formula is C13H19ClN4. The van der Waals surface area contributed by atoms with E-state index in [9.17, 15) is 0 Å². The van der Waals surface area contributed by atoms with Gasteiger partial charge in [0.05, 0.1) is 23.0 Å². The lowest BCUT2D eigenvalue weighted by Gasteiger charge is -2.06. The topological polar surface area (TPSA) is 48.8 Å². The minimum atomic E-state index is 0.677. The van der Waals surface area contributed by atoms with Gasteiger partial charge in [-0.05, 0) is 38.4 Å². The molecule has 98 valence electrons. The summed E-state index contributed by atoms with van der Waals surface area (Å²) in [5.41, 5.74) is 8.76. The summed E-state index contributed by atoms with van der Waals surface area (Å²) in [6.07, 6.45) is 5.09. The maximum atomic E-state index is 6.29. The first-order valence-electron chi connectivity index (χ1n) is 6.22. The summed E-state index contributed by atoms with van der Waals surface area (Å²) in [4.78, 5) is 0. The van der Waals surface area contributed by atoms with Gasteiger partial charge in [0.2, 0.25) is 0 Å². The summed E-state index contributed by atoms with van der Waals surface area (Å²) in [5, 5.41) is 5.19. The normalized spacial score (nSPS) is 11.1. The Morgan fingerprint density at radius 2 is 2.22 bits per heavy atom. The average Bonchev–Trinajstić information content (AvgIpc) is 2.90. The minimum absolute atomic E-state index is 0.677. The van der Waals surface area contributed by atoms with Crippen LogP contribution in [0.1, 0.15) is 23.9 Å². The molecule has 0 saturated heterocycles. The second-order valence-corrected chi connectivity index (χ2v) is 4.77. The highest BCUT2D eigenvalue weighted by Gasteiger charge is 2.12. The average molecular weight is 267 g/mol. The van der Waals surface area contributed by atoms with Crippen LogP contribution in [0.3, 0.4) is 0 Å². The Kier molecular flexibility index (Phi) is 4.09. The lowest BCUT2D eigenvalue weighted by molar-refractivity contribution is 0.597. The van der Waals surface area contributed by atoms with Gasteiger partial charge >= 0.3 is 0 Å². The highest BCUT2D eigenvalue weighted by atomic mass is 35.5. The number of nitrogens with zero attached hydrogens (tertiary/aromatic N) is 3. The van der Waals surface area contributed by atoms with Crippen molar-refractivity contribution in [1.29, 1.82) is 0 Å². The second-order valence-electron chi connectivity index (χ2n) is 4.39. The molecule has 4 nitrogen and oxygen atoms in total. The van der Waals surface area contributed by atoms with Crippen molar-refractivity contribution in [2.45, 2.75) is 33.4 Å². The maximum Gasteiger partial charge on any atom is 0.0865 e. The van der Waals surface area contributed by atoms with Crippen molar-refractivity contribution in [2.24, 2.45) is 5.73 Å². The van der Waals surface area contributed by atoms with Crippen LogP contribution in [0.4, 0.5) is 0 Å². The highest BCUT2D eigenvalue weighted by molar-refractivity contribution is 6.31. The highest BCUT2D eigenvalue weighted by Crippen LogP contribution is 2.21. The van der Waals surface area contributed by atoms with Crippen LogP contribution in [-0.2, 0) is 19.5 Å². The summed E-state index contributed by atoms with van der Waals surface area (Å²) < 4.78 is 4.08. The fourth-order valence-electron chi connectivity index (χ4n) is 2.10. The van der Waals surface area contributed by atoms with E-state index in [-0.39, 0.29) is 0 Å². The van der Waals surface area contributed by atoms with Crippen molar-refractivity contribution in [3.8, 4) is 0 Å². The maximum absolute atomic E-state index is 6.29. The number of hydrogen-bond donors (Lipinski definition) is 1. The molecule has 2 aromatic heterocycles. The first kappa shape index (κ1) is 13.2. The van der Waals surface area contributed by atoms with Gasteiger partial charge in [0, 0.05) is 18.9 Å². The first-order valence-corrected chi connectivity index (χ1v) is 6.60. The molecule has 2 N–H and O–H groups in total. The second kappa shape index (κ2) is 5.59. The molecular weight excluding hydrogens is 248 g/mol. The van der Waals surface area contributed by atoms with Gasteiger partial charge in [-0.15, -0.1) is 0 Å². The fraction of sp³-hybridized carbons (Fsp3) is 0.462. The molecule has 2 rings (SSSR count). The van der Waals surface area contributed by atoms with Crippen molar-refractivity contribution >= 4 is 11.6 Å². The molecule has 5 heteroatoms. The number of hydrogen-bond acceptors (Lipinski definition) is 2. The largest absolute Gasteiger partial charge is 0.348 e. The van der Waals surface area contributed by atoms with Crippen LogP contribution in [0.25, 0.3) is 0 Å². The molecule has 0 fully saturated rings. The van der Waals surface area contributed by atoms with Crippen LogP contribution >= 0.6 is 11.6 Å². The van der Waals surface area contributed by atoms with Gasteiger partial charge in [-0.3, -0.25) is 4.68 Å². The number of rotatable bonds is 5. The summed E-state index contributed by atoms with van der Waals surface area (Å²) >= 11 is 6.29. The summed E-state index contributed by atoms with van der Waals surface area (Å²) in [5.74, 6) is 0. The molecule has 0 atom stereocenters. The molecule has 2 heterocycles. The molecule has 0 bridgehead atoms. The third kappa shape index (κ3) is 2.60. The molecule has 0 aliphatic heterocycles. The van der Waals surface area contributed by atoms with Crippen LogP contribution in [0.2, 0.25) is 5.02 Å². The number of nitrogens with two attached hydrogens (primary N) is 1. The van der Waals surface area contributed by atoms with Gasteiger partial charge in [0.1, 0.15) is 0 Å². The molecule has 0 unspecified atom stereocenters. The van der Waals surface area contributed by atoms with E-state index in [1.54, 1.807) is 0 Å². The van der Waals surface area contributed by atoms with Gasteiger partial charge in [0.25, 0.3) is 0 Å². The molecule has 0 amide bonds. The summed E-state index contributed by atoms with van der Waals surface area (Å²) in [7, 11) is 0. The Bertz CT molecular complexity index is 527. The van der Waals surface area contributed by atoms with E-state index in [0.717, 1.165) is 35.9 Å². The van der Waals surface area contributed by atoms with Gasteiger partial charge in [0.15, 0.2) is 0 Å². The summed E-state index contributed by atoms with van der Waals surface area (Å²) in [6.45, 7) is 6.27. The molecule has 18 heavy (non-hydrogen) atoms. The lowest BCUT2D eigenvalue weighted by atomic mass is 10.2. The summed E-state index contributed by atoms with van der Waals surface area (Å²) in [6, 6.07) is 2.10. The predicted octanol–water partition coefficient (Wildman–Crippen LogP) is 2.22. The Morgan fingerprint density at radius 3 is 2.89 bits per heavy atom. The van der Waals surface area contributed by atoms with E-state index in [0.29, 0.717) is 6.54 Å². The van der Waals surface area contributed by atoms with Crippen LogP contribution in [0.15, 0.2) is 18.5 Å². The molecule has 0 spiro atoms. The van der Waals surface area contributed by atoms with E-state index in [1.165, 1.54) is 5.56 Å². The van der Waals surface area contributed by atoms with E-state index < -0.39 is 0 Å². The quantitative estimate of drug-likeness (QED) is 0.902. The van der Waals surface area contributed by atoms with E-state index in [1.807, 2.05) is 11.6 Å². The third-order valence-electron chi connectivity index (χ3n) is 3.03. The zero-order valence-electron chi connectivity index (χ0n) is 10.9. The zero-order valence-corrected chi connectivity index (χ0v) is 11.6. The SMILES string of the molecule is CCn1nc(C)c(Cl)c1Cn1ccc(CCN)c1. The first-order chi connectivity index (χ1) is 8.65. The molecule has 0 aliphatic rings. The molecule has 2 aromatic rings. The van der Waals surface area contributed by atoms with Crippen molar-refractivity contribution < 1.29 is 0 Å². The van der Waals surface area contributed by atoms with Crippen LogP contribution < -0.4 is 5.73 Å². The van der Waals surface area contributed by atoms with Crippen LogP contribution in [0.5, 0.6) is 0 Å². The molecule has 0 saturated carbocycles. The lowest BCUT2D eigenvalue weighted by Crippen LogP contribution is -2.07. The molecule has 0 radical (unpaired) electrons. The van der Waals surface area contributed by atoms with Gasteiger partial charge in [-0.1, -0.05) is 11.6 Å². The van der Waals surface area contributed by atoms with Crippen LogP contribution in [0, 0.1) is 6.92 Å². The van der Waals surface area contributed by atoms with E-state index in [4.69, 9.17) is 17.3 Å². The predicted molar refractivity (Wildman–Crippen MR) is 73.9 cm³/mol. The van der Waals surface area contributed by atoms with E-state index >= 15 is 0 Å². The van der Waals surface area contributed by atoms with Crippen molar-refractivity contribution in [3.63, 3.8) is 0 Å². The van der Waals surface area contributed by atoms with Crippen molar-refractivity contribution in [2.75, 3.05) is 6.54 Å². The molecule has 0 aliphatic carbocycles. The Labute approximate surface area is 112 Å².